The lowest BCUT2D eigenvalue weighted by molar-refractivity contribution is 0.0954. The molecule has 0 aliphatic rings. The fourth-order valence-corrected chi connectivity index (χ4v) is 1.72. The van der Waals surface area contributed by atoms with E-state index in [1.54, 1.807) is 49.7 Å². The van der Waals surface area contributed by atoms with Gasteiger partial charge in [-0.2, -0.15) is 0 Å². The molecule has 0 fully saturated rings. The number of benzene rings is 1. The Balaban J connectivity index is 2.02. The molecule has 1 aromatic heterocycles. The lowest BCUT2D eigenvalue weighted by Gasteiger charge is -2.06. The van der Waals surface area contributed by atoms with Crippen LogP contribution in [0.15, 0.2) is 42.6 Å². The van der Waals surface area contributed by atoms with Gasteiger partial charge in [-0.3, -0.25) is 4.79 Å². The van der Waals surface area contributed by atoms with Gasteiger partial charge in [-0.1, -0.05) is 12.1 Å². The van der Waals surface area contributed by atoms with Crippen molar-refractivity contribution >= 4 is 17.4 Å². The Hall–Kier alpha value is -2.78. The second-order valence-corrected chi connectivity index (χ2v) is 4.08. The van der Waals surface area contributed by atoms with Crippen LogP contribution in [-0.4, -0.2) is 30.5 Å². The van der Waals surface area contributed by atoms with E-state index in [4.69, 9.17) is 4.74 Å². The fraction of sp³-hybridized carbons (Fsp3) is 0.133. The molecule has 1 aromatic carbocycles. The lowest BCUT2D eigenvalue weighted by atomic mass is 10.1. The van der Waals surface area contributed by atoms with Gasteiger partial charge >= 0.3 is 0 Å². The predicted octanol–water partition coefficient (Wildman–Crippen LogP) is 1.67. The smallest absolute Gasteiger partial charge is 0.267 e. The largest absolute Gasteiger partial charge is 0.497 e. The maximum Gasteiger partial charge on any atom is 0.267 e. The number of carbonyl (C=O) groups excluding carboxylic acids is 2. The molecule has 0 saturated carbocycles. The highest BCUT2D eigenvalue weighted by Gasteiger charge is 2.08. The van der Waals surface area contributed by atoms with E-state index in [2.05, 4.69) is 10.3 Å². The Bertz CT molecular complexity index is 624. The zero-order chi connectivity index (χ0) is 14.4. The Morgan fingerprint density at radius 1 is 1.30 bits per heavy atom. The minimum atomic E-state index is -0.267. The summed E-state index contributed by atoms with van der Waals surface area (Å²) in [6.45, 7) is 0.119. The standard InChI is InChI=1S/C15H14N2O3/c1-20-13-6-4-11(5-7-13)12(10-18)9-17-15(19)14-3-2-8-16-14/h2-8,16H,9H2,1H3,(H,17,19). The lowest BCUT2D eigenvalue weighted by Crippen LogP contribution is -2.25. The average Bonchev–Trinajstić information content (AvgIpc) is 3.02. The number of aromatic nitrogens is 1. The average molecular weight is 270 g/mol. The summed E-state index contributed by atoms with van der Waals surface area (Å²) >= 11 is 0. The third-order valence-electron chi connectivity index (χ3n) is 2.83. The Morgan fingerprint density at radius 2 is 2.05 bits per heavy atom. The van der Waals surface area contributed by atoms with E-state index in [1.165, 1.54) is 0 Å². The summed E-state index contributed by atoms with van der Waals surface area (Å²) in [5, 5.41) is 2.66. The molecule has 0 aliphatic carbocycles. The molecule has 5 heteroatoms. The summed E-state index contributed by atoms with van der Waals surface area (Å²) in [5.74, 6) is 2.29. The van der Waals surface area contributed by atoms with Gasteiger partial charge in [0.1, 0.15) is 17.4 Å². The first-order valence-corrected chi connectivity index (χ1v) is 6.04. The molecule has 1 heterocycles. The third kappa shape index (κ3) is 3.16. The van der Waals surface area contributed by atoms with E-state index in [9.17, 15) is 9.59 Å². The quantitative estimate of drug-likeness (QED) is 0.812. The van der Waals surface area contributed by atoms with E-state index < -0.39 is 0 Å². The van der Waals surface area contributed by atoms with E-state index >= 15 is 0 Å². The van der Waals surface area contributed by atoms with Crippen molar-refractivity contribution in [1.29, 1.82) is 0 Å². The number of hydrogen-bond donors (Lipinski definition) is 2. The SMILES string of the molecule is COc1ccc(C(=C=O)CNC(=O)c2ccc[nH]2)cc1. The van der Waals surface area contributed by atoms with Crippen LogP contribution >= 0.6 is 0 Å². The van der Waals surface area contributed by atoms with Crippen LogP contribution in [0.2, 0.25) is 0 Å². The fourth-order valence-electron chi connectivity index (χ4n) is 1.72. The number of amides is 1. The van der Waals surface area contributed by atoms with Gasteiger partial charge in [0.2, 0.25) is 0 Å². The van der Waals surface area contributed by atoms with E-state index in [0.717, 1.165) is 0 Å². The molecule has 0 saturated heterocycles. The topological polar surface area (TPSA) is 71.2 Å². The monoisotopic (exact) mass is 270 g/mol. The molecule has 0 spiro atoms. The number of hydrogen-bond acceptors (Lipinski definition) is 3. The summed E-state index contributed by atoms with van der Waals surface area (Å²) in [7, 11) is 1.57. The number of carbonyl (C=O) groups is 1. The molecule has 2 aromatic rings. The van der Waals surface area contributed by atoms with Crippen molar-refractivity contribution in [2.24, 2.45) is 0 Å². The van der Waals surface area contributed by atoms with Crippen molar-refractivity contribution in [2.75, 3.05) is 13.7 Å². The van der Waals surface area contributed by atoms with Gasteiger partial charge in [-0.25, -0.2) is 4.79 Å². The molecule has 20 heavy (non-hydrogen) atoms. The maximum absolute atomic E-state index is 11.8. The van der Waals surface area contributed by atoms with Gasteiger partial charge in [-0.15, -0.1) is 0 Å². The number of H-pyrrole nitrogens is 1. The van der Waals surface area contributed by atoms with Gasteiger partial charge in [-0.05, 0) is 29.8 Å². The van der Waals surface area contributed by atoms with E-state index in [-0.39, 0.29) is 12.5 Å². The molecule has 102 valence electrons. The molecular weight excluding hydrogens is 256 g/mol. The maximum atomic E-state index is 11.8. The molecule has 0 bridgehead atoms. The van der Waals surface area contributed by atoms with E-state index in [0.29, 0.717) is 22.6 Å². The van der Waals surface area contributed by atoms with Crippen molar-refractivity contribution in [3.8, 4) is 5.75 Å². The first-order valence-electron chi connectivity index (χ1n) is 6.04. The zero-order valence-corrected chi connectivity index (χ0v) is 11.0. The number of ether oxygens (including phenoxy) is 1. The first-order chi connectivity index (χ1) is 9.74. The third-order valence-corrected chi connectivity index (χ3v) is 2.83. The van der Waals surface area contributed by atoms with Crippen LogP contribution in [0, 0.1) is 0 Å². The minimum absolute atomic E-state index is 0.119. The number of aromatic amines is 1. The first kappa shape index (κ1) is 13.6. The molecule has 0 aliphatic heterocycles. The van der Waals surface area contributed by atoms with Crippen molar-refractivity contribution < 1.29 is 14.3 Å². The summed E-state index contributed by atoms with van der Waals surface area (Å²) in [5.41, 5.74) is 1.53. The summed E-state index contributed by atoms with van der Waals surface area (Å²) in [6.07, 6.45) is 1.66. The molecular formula is C15H14N2O3. The van der Waals surface area contributed by atoms with Crippen LogP contribution in [0.5, 0.6) is 5.75 Å². The van der Waals surface area contributed by atoms with Gasteiger partial charge in [0.25, 0.3) is 5.91 Å². The number of nitrogens with one attached hydrogen (secondary N) is 2. The molecule has 5 nitrogen and oxygen atoms in total. The van der Waals surface area contributed by atoms with Crippen molar-refractivity contribution in [3.05, 3.63) is 53.9 Å². The highest BCUT2D eigenvalue weighted by molar-refractivity contribution is 5.95. The van der Waals surface area contributed by atoms with Crippen LogP contribution in [0.4, 0.5) is 0 Å². The van der Waals surface area contributed by atoms with Crippen molar-refractivity contribution in [1.82, 2.24) is 10.3 Å². The summed E-state index contributed by atoms with van der Waals surface area (Å²) < 4.78 is 5.05. The van der Waals surface area contributed by atoms with Gasteiger partial charge in [0.05, 0.1) is 19.2 Å². The van der Waals surface area contributed by atoms with Crippen molar-refractivity contribution in [3.63, 3.8) is 0 Å². The minimum Gasteiger partial charge on any atom is -0.497 e. The Labute approximate surface area is 116 Å². The highest BCUT2D eigenvalue weighted by atomic mass is 16.5. The predicted molar refractivity (Wildman–Crippen MR) is 75.2 cm³/mol. The molecule has 0 unspecified atom stereocenters. The highest BCUT2D eigenvalue weighted by Crippen LogP contribution is 2.16. The second-order valence-electron chi connectivity index (χ2n) is 4.08. The van der Waals surface area contributed by atoms with E-state index in [1.807, 2.05) is 5.94 Å². The Kier molecular flexibility index (Phi) is 4.37. The number of rotatable bonds is 5. The van der Waals surface area contributed by atoms with Crippen LogP contribution < -0.4 is 10.1 Å². The molecule has 0 atom stereocenters. The van der Waals surface area contributed by atoms with Gasteiger partial charge < -0.3 is 15.0 Å². The zero-order valence-electron chi connectivity index (χ0n) is 11.0. The Morgan fingerprint density at radius 3 is 2.60 bits per heavy atom. The van der Waals surface area contributed by atoms with Crippen molar-refractivity contribution in [2.45, 2.75) is 0 Å². The van der Waals surface area contributed by atoms with Crippen LogP contribution in [-0.2, 0) is 4.79 Å². The molecule has 2 rings (SSSR count). The van der Waals surface area contributed by atoms with Crippen LogP contribution in [0.1, 0.15) is 16.1 Å². The summed E-state index contributed by atoms with van der Waals surface area (Å²) in [6, 6.07) is 10.4. The van der Waals surface area contributed by atoms with Gasteiger partial charge in [0.15, 0.2) is 0 Å². The number of methoxy groups -OCH3 is 1. The van der Waals surface area contributed by atoms with Gasteiger partial charge in [0, 0.05) is 6.20 Å². The normalized spacial score (nSPS) is 9.65. The summed E-state index contributed by atoms with van der Waals surface area (Å²) in [4.78, 5) is 25.6. The molecule has 1 amide bonds. The van der Waals surface area contributed by atoms with Crippen LogP contribution in [0.3, 0.4) is 0 Å². The molecule has 2 N–H and O–H groups in total. The van der Waals surface area contributed by atoms with Crippen LogP contribution in [0.25, 0.3) is 5.57 Å². The second kappa shape index (κ2) is 6.41. The molecule has 0 radical (unpaired) electrons.